The zero-order valence-electron chi connectivity index (χ0n) is 14.6. The van der Waals surface area contributed by atoms with Gasteiger partial charge in [0, 0.05) is 31.5 Å². The summed E-state index contributed by atoms with van der Waals surface area (Å²) in [6.07, 6.45) is 1.38. The lowest BCUT2D eigenvalue weighted by Gasteiger charge is -2.19. The van der Waals surface area contributed by atoms with Gasteiger partial charge in [0.15, 0.2) is 11.5 Å². The molecule has 0 unspecified atom stereocenters. The summed E-state index contributed by atoms with van der Waals surface area (Å²) in [6, 6.07) is 0. The Balaban J connectivity index is 1.86. The summed E-state index contributed by atoms with van der Waals surface area (Å²) in [5.74, 6) is 0.414. The van der Waals surface area contributed by atoms with E-state index in [4.69, 9.17) is 9.15 Å². The fourth-order valence-electron chi connectivity index (χ4n) is 2.60. The van der Waals surface area contributed by atoms with Crippen LogP contribution in [0.3, 0.4) is 0 Å². The van der Waals surface area contributed by atoms with Crippen LogP contribution in [0.15, 0.2) is 4.42 Å². The minimum atomic E-state index is -0.565. The van der Waals surface area contributed by atoms with Gasteiger partial charge in [0.05, 0.1) is 5.56 Å². The molecule has 7 nitrogen and oxygen atoms in total. The lowest BCUT2D eigenvalue weighted by atomic mass is 9.94. The highest BCUT2D eigenvalue weighted by Crippen LogP contribution is 2.29. The monoisotopic (exact) mass is 336 g/mol. The average molecular weight is 336 g/mol. The second-order valence-corrected chi connectivity index (χ2v) is 6.82. The van der Waals surface area contributed by atoms with Crippen LogP contribution in [0.5, 0.6) is 0 Å². The molecule has 1 aliphatic carbocycles. The minimum absolute atomic E-state index is 0.0307. The van der Waals surface area contributed by atoms with E-state index in [2.05, 4.69) is 10.6 Å². The number of furan rings is 1. The zero-order valence-corrected chi connectivity index (χ0v) is 14.6. The van der Waals surface area contributed by atoms with E-state index in [-0.39, 0.29) is 30.5 Å². The normalized spacial score (nSPS) is 14.1. The van der Waals surface area contributed by atoms with E-state index in [1.165, 1.54) is 0 Å². The number of ether oxygens (including phenoxy) is 1. The molecule has 24 heavy (non-hydrogen) atoms. The van der Waals surface area contributed by atoms with Gasteiger partial charge in [-0.05, 0) is 34.1 Å². The van der Waals surface area contributed by atoms with E-state index in [0.717, 1.165) is 6.42 Å². The van der Waals surface area contributed by atoms with Crippen molar-refractivity contribution < 1.29 is 23.5 Å². The molecular weight excluding hydrogens is 312 g/mol. The molecule has 0 atom stereocenters. The Kier molecular flexibility index (Phi) is 5.31. The smallest absolute Gasteiger partial charge is 0.407 e. The van der Waals surface area contributed by atoms with Crippen LogP contribution in [0.2, 0.25) is 0 Å². The number of hydrogen-bond donors (Lipinski definition) is 2. The van der Waals surface area contributed by atoms with E-state index < -0.39 is 11.7 Å². The zero-order chi connectivity index (χ0) is 17.9. The standard InChI is InChI=1S/C17H24N2O5/c1-10-13-11(20)6-5-7-12(13)23-14(10)15(21)18-8-9-19-16(22)24-17(2,3)4/h5-9H2,1-4H3,(H,18,21)(H,19,22). The lowest BCUT2D eigenvalue weighted by Crippen LogP contribution is -2.37. The van der Waals surface area contributed by atoms with Crippen molar-refractivity contribution in [3.05, 3.63) is 22.6 Å². The van der Waals surface area contributed by atoms with E-state index in [1.54, 1.807) is 27.7 Å². The van der Waals surface area contributed by atoms with E-state index in [9.17, 15) is 14.4 Å². The van der Waals surface area contributed by atoms with Crippen molar-refractivity contribution in [3.63, 3.8) is 0 Å². The number of carbonyl (C=O) groups excluding carboxylic acids is 3. The molecule has 0 aromatic carbocycles. The molecule has 1 heterocycles. The van der Waals surface area contributed by atoms with Crippen LogP contribution in [0, 0.1) is 6.92 Å². The van der Waals surface area contributed by atoms with Crippen molar-refractivity contribution in [1.82, 2.24) is 10.6 Å². The first kappa shape index (κ1) is 18.0. The molecule has 2 N–H and O–H groups in total. The van der Waals surface area contributed by atoms with Gasteiger partial charge in [-0.25, -0.2) is 4.79 Å². The van der Waals surface area contributed by atoms with Crippen molar-refractivity contribution >= 4 is 17.8 Å². The van der Waals surface area contributed by atoms with Crippen molar-refractivity contribution in [2.75, 3.05) is 13.1 Å². The van der Waals surface area contributed by atoms with Crippen LogP contribution in [0.25, 0.3) is 0 Å². The largest absolute Gasteiger partial charge is 0.455 e. The molecule has 132 valence electrons. The Bertz CT molecular complexity index is 655. The van der Waals surface area contributed by atoms with Gasteiger partial charge < -0.3 is 19.8 Å². The van der Waals surface area contributed by atoms with Crippen LogP contribution in [0.1, 0.15) is 65.8 Å². The Morgan fingerprint density at radius 1 is 1.17 bits per heavy atom. The molecule has 0 aliphatic heterocycles. The molecule has 1 aromatic heterocycles. The molecule has 0 bridgehead atoms. The van der Waals surface area contributed by atoms with Gasteiger partial charge in [-0.15, -0.1) is 0 Å². The number of fused-ring (bicyclic) bond motifs is 1. The van der Waals surface area contributed by atoms with E-state index >= 15 is 0 Å². The second kappa shape index (κ2) is 7.07. The maximum absolute atomic E-state index is 12.2. The molecule has 0 spiro atoms. The quantitative estimate of drug-likeness (QED) is 0.823. The first-order valence-electron chi connectivity index (χ1n) is 8.09. The van der Waals surface area contributed by atoms with Gasteiger partial charge in [0.1, 0.15) is 11.4 Å². The lowest BCUT2D eigenvalue weighted by molar-refractivity contribution is 0.0526. The van der Waals surface area contributed by atoms with E-state index in [1.807, 2.05) is 0 Å². The first-order valence-corrected chi connectivity index (χ1v) is 8.09. The van der Waals surface area contributed by atoms with Crippen LogP contribution in [-0.2, 0) is 11.2 Å². The third-order valence-electron chi connectivity index (χ3n) is 3.59. The first-order chi connectivity index (χ1) is 11.2. The van der Waals surface area contributed by atoms with Gasteiger partial charge in [-0.2, -0.15) is 0 Å². The average Bonchev–Trinajstić information content (AvgIpc) is 2.80. The minimum Gasteiger partial charge on any atom is -0.455 e. The number of rotatable bonds is 4. The van der Waals surface area contributed by atoms with Gasteiger partial charge in [0.2, 0.25) is 0 Å². The summed E-state index contributed by atoms with van der Waals surface area (Å²) in [5.41, 5.74) is 0.579. The third kappa shape index (κ3) is 4.37. The van der Waals surface area contributed by atoms with Crippen molar-refractivity contribution in [2.45, 2.75) is 52.6 Å². The van der Waals surface area contributed by atoms with Crippen molar-refractivity contribution in [1.29, 1.82) is 0 Å². The predicted molar refractivity (Wildman–Crippen MR) is 87.3 cm³/mol. The fraction of sp³-hybridized carbons (Fsp3) is 0.588. The Morgan fingerprint density at radius 2 is 1.83 bits per heavy atom. The topological polar surface area (TPSA) is 97.6 Å². The fourth-order valence-corrected chi connectivity index (χ4v) is 2.60. The summed E-state index contributed by atoms with van der Waals surface area (Å²) < 4.78 is 10.7. The Hall–Kier alpha value is -2.31. The molecule has 0 saturated carbocycles. The number of aryl methyl sites for hydroxylation is 1. The molecule has 0 saturated heterocycles. The molecule has 2 rings (SSSR count). The van der Waals surface area contributed by atoms with Gasteiger partial charge in [-0.1, -0.05) is 0 Å². The molecule has 7 heteroatoms. The highest BCUT2D eigenvalue weighted by atomic mass is 16.6. The van der Waals surface area contributed by atoms with Crippen LogP contribution in [-0.4, -0.2) is 36.5 Å². The molecule has 0 radical (unpaired) electrons. The maximum atomic E-state index is 12.2. The summed E-state index contributed by atoms with van der Waals surface area (Å²) in [7, 11) is 0. The predicted octanol–water partition coefficient (Wildman–Crippen LogP) is 2.36. The third-order valence-corrected chi connectivity index (χ3v) is 3.59. The second-order valence-electron chi connectivity index (χ2n) is 6.82. The van der Waals surface area contributed by atoms with Gasteiger partial charge >= 0.3 is 6.09 Å². The van der Waals surface area contributed by atoms with Crippen molar-refractivity contribution in [3.8, 4) is 0 Å². The Labute approximate surface area is 141 Å². The SMILES string of the molecule is Cc1c(C(=O)NCCNC(=O)OC(C)(C)C)oc2c1C(=O)CCC2. The molecule has 0 fully saturated rings. The highest BCUT2D eigenvalue weighted by molar-refractivity contribution is 6.03. The number of amides is 2. The van der Waals surface area contributed by atoms with Gasteiger partial charge in [-0.3, -0.25) is 9.59 Å². The summed E-state index contributed by atoms with van der Waals surface area (Å²) in [4.78, 5) is 35.6. The molecular formula is C17H24N2O5. The van der Waals surface area contributed by atoms with Crippen LogP contribution in [0.4, 0.5) is 4.79 Å². The summed E-state index contributed by atoms with van der Waals surface area (Å²) in [5, 5.41) is 5.22. The number of nitrogens with one attached hydrogen (secondary N) is 2. The number of Topliss-reactive ketones (excluding diaryl/α,β-unsaturated/α-hetero) is 1. The number of alkyl carbamates (subject to hydrolysis) is 1. The number of carbonyl (C=O) groups is 3. The molecule has 2 amide bonds. The Morgan fingerprint density at radius 3 is 2.46 bits per heavy atom. The van der Waals surface area contributed by atoms with Gasteiger partial charge in [0.25, 0.3) is 5.91 Å². The van der Waals surface area contributed by atoms with Crippen LogP contribution < -0.4 is 10.6 Å². The number of hydrogen-bond acceptors (Lipinski definition) is 5. The maximum Gasteiger partial charge on any atom is 0.407 e. The molecule has 1 aromatic rings. The highest BCUT2D eigenvalue weighted by Gasteiger charge is 2.28. The van der Waals surface area contributed by atoms with E-state index in [0.29, 0.717) is 29.7 Å². The molecule has 1 aliphatic rings. The number of ketones is 1. The summed E-state index contributed by atoms with van der Waals surface area (Å²) >= 11 is 0. The summed E-state index contributed by atoms with van der Waals surface area (Å²) in [6.45, 7) is 7.51. The van der Waals surface area contributed by atoms with Crippen molar-refractivity contribution in [2.24, 2.45) is 0 Å². The van der Waals surface area contributed by atoms with Crippen LogP contribution >= 0.6 is 0 Å².